The SMILES string of the molecule is COCCn1c(C)cc(C(=O)Cn2cnc3oc(C)c(C(=O)O)c3c2=O)c1C. The Morgan fingerprint density at radius 2 is 2.00 bits per heavy atom. The van der Waals surface area contributed by atoms with E-state index in [9.17, 15) is 19.5 Å². The molecule has 0 saturated carbocycles. The summed E-state index contributed by atoms with van der Waals surface area (Å²) < 4.78 is 13.4. The van der Waals surface area contributed by atoms with Crippen LogP contribution in [-0.2, 0) is 17.8 Å². The summed E-state index contributed by atoms with van der Waals surface area (Å²) in [5.41, 5.74) is 1.29. The van der Waals surface area contributed by atoms with Crippen LogP contribution in [0.1, 0.15) is 37.9 Å². The highest BCUT2D eigenvalue weighted by molar-refractivity contribution is 6.02. The molecule has 28 heavy (non-hydrogen) atoms. The molecule has 0 spiro atoms. The number of aromatic nitrogens is 3. The van der Waals surface area contributed by atoms with Gasteiger partial charge in [-0.05, 0) is 26.8 Å². The highest BCUT2D eigenvalue weighted by atomic mass is 16.5. The lowest BCUT2D eigenvalue weighted by Gasteiger charge is -2.09. The molecule has 3 heterocycles. The minimum absolute atomic E-state index is 0.0543. The van der Waals surface area contributed by atoms with E-state index in [0.29, 0.717) is 18.7 Å². The van der Waals surface area contributed by atoms with Gasteiger partial charge in [-0.3, -0.25) is 14.2 Å². The number of carboxylic acid groups (broad SMARTS) is 1. The summed E-state index contributed by atoms with van der Waals surface area (Å²) in [5.74, 6) is -1.45. The number of furan rings is 1. The Balaban J connectivity index is 1.98. The maximum atomic E-state index is 12.8. The zero-order valence-corrected chi connectivity index (χ0v) is 16.1. The molecular formula is C19H21N3O6. The molecule has 1 N–H and O–H groups in total. The number of Topliss-reactive ketones (excluding diaryl/α,β-unsaturated/α-hetero) is 1. The second-order valence-corrected chi connectivity index (χ2v) is 6.55. The van der Waals surface area contributed by atoms with E-state index in [1.165, 1.54) is 13.3 Å². The van der Waals surface area contributed by atoms with Gasteiger partial charge in [0.05, 0.1) is 13.2 Å². The van der Waals surface area contributed by atoms with Crippen molar-refractivity contribution in [2.24, 2.45) is 0 Å². The van der Waals surface area contributed by atoms with Crippen LogP contribution in [0.15, 0.2) is 21.6 Å². The normalized spacial score (nSPS) is 11.3. The van der Waals surface area contributed by atoms with Crippen molar-refractivity contribution < 1.29 is 23.8 Å². The molecule has 9 heteroatoms. The molecule has 9 nitrogen and oxygen atoms in total. The maximum Gasteiger partial charge on any atom is 0.340 e. The van der Waals surface area contributed by atoms with Gasteiger partial charge in [0.25, 0.3) is 5.56 Å². The molecule has 0 aromatic carbocycles. The van der Waals surface area contributed by atoms with Gasteiger partial charge in [0.2, 0.25) is 5.71 Å². The first-order chi connectivity index (χ1) is 13.3. The lowest BCUT2D eigenvalue weighted by molar-refractivity contribution is 0.0696. The van der Waals surface area contributed by atoms with Crippen molar-refractivity contribution in [2.45, 2.75) is 33.9 Å². The van der Waals surface area contributed by atoms with Gasteiger partial charge in [-0.1, -0.05) is 0 Å². The number of methoxy groups -OCH3 is 1. The Hall–Kier alpha value is -3.20. The largest absolute Gasteiger partial charge is 0.478 e. The molecule has 148 valence electrons. The number of aromatic carboxylic acids is 1. The molecule has 0 unspecified atom stereocenters. The van der Waals surface area contributed by atoms with Gasteiger partial charge >= 0.3 is 5.97 Å². The summed E-state index contributed by atoms with van der Waals surface area (Å²) >= 11 is 0. The zero-order valence-electron chi connectivity index (χ0n) is 16.1. The number of nitrogens with zero attached hydrogens (tertiary/aromatic N) is 3. The average molecular weight is 387 g/mol. The van der Waals surface area contributed by atoms with Crippen molar-refractivity contribution in [3.63, 3.8) is 0 Å². The van der Waals surface area contributed by atoms with Crippen LogP contribution in [0.2, 0.25) is 0 Å². The summed E-state index contributed by atoms with van der Waals surface area (Å²) in [6.07, 6.45) is 1.20. The molecule has 0 bridgehead atoms. The second kappa shape index (κ2) is 7.43. The van der Waals surface area contributed by atoms with Crippen LogP contribution in [0.5, 0.6) is 0 Å². The van der Waals surface area contributed by atoms with E-state index in [0.717, 1.165) is 16.0 Å². The molecular weight excluding hydrogens is 366 g/mol. The molecule has 0 radical (unpaired) electrons. The van der Waals surface area contributed by atoms with Crippen molar-refractivity contribution >= 4 is 22.9 Å². The van der Waals surface area contributed by atoms with E-state index in [1.807, 2.05) is 18.4 Å². The number of ether oxygens (including phenoxy) is 1. The topological polar surface area (TPSA) is 117 Å². The number of hydrogen-bond acceptors (Lipinski definition) is 6. The van der Waals surface area contributed by atoms with Gasteiger partial charge in [0.1, 0.15) is 23.0 Å². The summed E-state index contributed by atoms with van der Waals surface area (Å²) in [7, 11) is 1.61. The van der Waals surface area contributed by atoms with E-state index in [4.69, 9.17) is 9.15 Å². The zero-order chi connectivity index (χ0) is 20.6. The highest BCUT2D eigenvalue weighted by Crippen LogP contribution is 2.21. The molecule has 3 aromatic heterocycles. The predicted octanol–water partition coefficient (Wildman–Crippen LogP) is 1.94. The number of ketones is 1. The van der Waals surface area contributed by atoms with Crippen LogP contribution in [0.4, 0.5) is 0 Å². The number of carboxylic acids is 1. The van der Waals surface area contributed by atoms with Crippen LogP contribution in [0.25, 0.3) is 11.1 Å². The predicted molar refractivity (Wildman–Crippen MR) is 100 cm³/mol. The first-order valence-corrected chi connectivity index (χ1v) is 8.67. The van der Waals surface area contributed by atoms with Gasteiger partial charge in [0, 0.05) is 30.6 Å². The number of aryl methyl sites for hydroxylation is 2. The van der Waals surface area contributed by atoms with Crippen molar-refractivity contribution in [2.75, 3.05) is 13.7 Å². The Morgan fingerprint density at radius 1 is 1.29 bits per heavy atom. The average Bonchev–Trinajstić information content (AvgIpc) is 3.12. The molecule has 0 aliphatic carbocycles. The van der Waals surface area contributed by atoms with Crippen LogP contribution >= 0.6 is 0 Å². The van der Waals surface area contributed by atoms with Crippen molar-refractivity contribution in [3.8, 4) is 0 Å². The molecule has 0 aliphatic rings. The Morgan fingerprint density at radius 3 is 2.64 bits per heavy atom. The molecule has 3 aromatic rings. The first kappa shape index (κ1) is 19.6. The van der Waals surface area contributed by atoms with Gasteiger partial charge in [0.15, 0.2) is 5.78 Å². The highest BCUT2D eigenvalue weighted by Gasteiger charge is 2.23. The number of carbonyl (C=O) groups is 2. The second-order valence-electron chi connectivity index (χ2n) is 6.55. The van der Waals surface area contributed by atoms with E-state index in [1.54, 1.807) is 13.2 Å². The fourth-order valence-corrected chi connectivity index (χ4v) is 3.36. The summed E-state index contributed by atoms with van der Waals surface area (Å²) in [6.45, 7) is 6.07. The third-order valence-electron chi connectivity index (χ3n) is 4.78. The molecule has 0 amide bonds. The minimum atomic E-state index is -1.28. The van der Waals surface area contributed by atoms with Crippen molar-refractivity contribution in [3.05, 3.63) is 51.0 Å². The van der Waals surface area contributed by atoms with Crippen LogP contribution in [0, 0.1) is 20.8 Å². The van der Waals surface area contributed by atoms with Gasteiger partial charge < -0.3 is 18.8 Å². The standard InChI is InChI=1S/C19H21N3O6/c1-10-7-13(11(2)22(10)5-6-27-4)14(23)8-21-9-20-17-16(18(21)24)15(19(25)26)12(3)28-17/h7,9H,5-6,8H2,1-4H3,(H,25,26). The molecule has 3 rings (SSSR count). The molecule has 0 atom stereocenters. The fourth-order valence-electron chi connectivity index (χ4n) is 3.36. The fraction of sp³-hybridized carbons (Fsp3) is 0.368. The maximum absolute atomic E-state index is 12.8. The minimum Gasteiger partial charge on any atom is -0.478 e. The van der Waals surface area contributed by atoms with Crippen LogP contribution in [0.3, 0.4) is 0 Å². The lowest BCUT2D eigenvalue weighted by Crippen LogP contribution is -2.25. The number of carbonyl (C=O) groups excluding carboxylic acids is 1. The van der Waals surface area contributed by atoms with E-state index in [2.05, 4.69) is 4.98 Å². The van der Waals surface area contributed by atoms with Gasteiger partial charge in [-0.15, -0.1) is 0 Å². The smallest absolute Gasteiger partial charge is 0.340 e. The summed E-state index contributed by atoms with van der Waals surface area (Å²) in [4.78, 5) is 41.0. The Labute approximate surface area is 160 Å². The lowest BCUT2D eigenvalue weighted by atomic mass is 10.1. The third-order valence-corrected chi connectivity index (χ3v) is 4.78. The van der Waals surface area contributed by atoms with Gasteiger partial charge in [-0.25, -0.2) is 9.78 Å². The van der Waals surface area contributed by atoms with E-state index < -0.39 is 11.5 Å². The molecule has 0 fully saturated rings. The molecule has 0 aliphatic heterocycles. The number of rotatable bonds is 7. The van der Waals surface area contributed by atoms with Crippen molar-refractivity contribution in [1.29, 1.82) is 0 Å². The van der Waals surface area contributed by atoms with E-state index in [-0.39, 0.29) is 34.8 Å². The Bertz CT molecular complexity index is 1130. The quantitative estimate of drug-likeness (QED) is 0.616. The van der Waals surface area contributed by atoms with Crippen LogP contribution in [-0.4, -0.2) is 44.7 Å². The number of hydrogen-bond donors (Lipinski definition) is 1. The number of fused-ring (bicyclic) bond motifs is 1. The van der Waals surface area contributed by atoms with E-state index >= 15 is 0 Å². The summed E-state index contributed by atoms with van der Waals surface area (Å²) in [6, 6.07) is 1.77. The summed E-state index contributed by atoms with van der Waals surface area (Å²) in [5, 5.41) is 9.22. The van der Waals surface area contributed by atoms with Gasteiger partial charge in [-0.2, -0.15) is 0 Å². The van der Waals surface area contributed by atoms with Crippen LogP contribution < -0.4 is 5.56 Å². The molecule has 0 saturated heterocycles. The monoisotopic (exact) mass is 387 g/mol. The van der Waals surface area contributed by atoms with Crippen molar-refractivity contribution in [1.82, 2.24) is 14.1 Å². The Kier molecular flexibility index (Phi) is 5.19. The third kappa shape index (κ3) is 3.24. The first-order valence-electron chi connectivity index (χ1n) is 8.67.